The summed E-state index contributed by atoms with van der Waals surface area (Å²) < 4.78 is 17.3. The van der Waals surface area contributed by atoms with E-state index >= 15 is 0 Å². The van der Waals surface area contributed by atoms with Gasteiger partial charge in [0.2, 0.25) is 0 Å². The lowest BCUT2D eigenvalue weighted by atomic mass is 10.2. The van der Waals surface area contributed by atoms with E-state index in [4.69, 9.17) is 27.2 Å². The molecule has 0 amide bonds. The normalized spacial score (nSPS) is 11.5. The van der Waals surface area contributed by atoms with Crippen molar-refractivity contribution in [2.24, 2.45) is 0 Å². The molecule has 0 N–H and O–H groups in total. The SMILES string of the molecule is C=CCOC(=O)c1cc2cc(CP(=O)(Cl)Cl)ccc2s1. The molecule has 20 heavy (non-hydrogen) atoms. The Hall–Kier alpha value is -0.800. The molecule has 0 aliphatic carbocycles. The zero-order valence-electron chi connectivity index (χ0n) is 10.3. The maximum atomic E-state index is 11.7. The second-order valence-corrected chi connectivity index (χ2v) is 10.4. The van der Waals surface area contributed by atoms with Crippen molar-refractivity contribution in [2.75, 3.05) is 6.61 Å². The first-order valence-corrected chi connectivity index (χ1v) is 10.2. The van der Waals surface area contributed by atoms with Crippen LogP contribution < -0.4 is 0 Å². The van der Waals surface area contributed by atoms with Crippen molar-refractivity contribution < 1.29 is 14.1 Å². The zero-order valence-corrected chi connectivity index (χ0v) is 13.6. The Kier molecular flexibility index (Phi) is 4.92. The highest BCUT2D eigenvalue weighted by Crippen LogP contribution is 2.59. The number of hydrogen-bond acceptors (Lipinski definition) is 4. The molecule has 0 fully saturated rings. The number of ether oxygens (including phenoxy) is 1. The van der Waals surface area contributed by atoms with Gasteiger partial charge in [0.25, 0.3) is 5.85 Å². The van der Waals surface area contributed by atoms with Crippen molar-refractivity contribution in [1.82, 2.24) is 0 Å². The zero-order chi connectivity index (χ0) is 14.8. The molecular weight excluding hydrogens is 338 g/mol. The molecule has 2 rings (SSSR count). The number of carbonyl (C=O) groups is 1. The van der Waals surface area contributed by atoms with Crippen molar-refractivity contribution in [3.63, 3.8) is 0 Å². The van der Waals surface area contributed by atoms with E-state index in [-0.39, 0.29) is 18.7 Å². The van der Waals surface area contributed by atoms with E-state index in [1.165, 1.54) is 17.4 Å². The molecule has 1 heterocycles. The van der Waals surface area contributed by atoms with Crippen LogP contribution >= 0.6 is 39.7 Å². The summed E-state index contributed by atoms with van der Waals surface area (Å²) in [5.74, 6) is -3.53. The van der Waals surface area contributed by atoms with Crippen LogP contribution in [0, 0.1) is 0 Å². The van der Waals surface area contributed by atoms with E-state index in [1.807, 2.05) is 12.1 Å². The van der Waals surface area contributed by atoms with Gasteiger partial charge in [-0.3, -0.25) is 4.57 Å². The molecule has 1 aromatic heterocycles. The molecule has 0 bridgehead atoms. The first kappa shape index (κ1) is 15.6. The molecule has 0 aliphatic rings. The first-order valence-electron chi connectivity index (χ1n) is 5.68. The van der Waals surface area contributed by atoms with Crippen molar-refractivity contribution in [1.29, 1.82) is 0 Å². The third-order valence-electron chi connectivity index (χ3n) is 2.48. The van der Waals surface area contributed by atoms with Gasteiger partial charge in [-0.25, -0.2) is 4.79 Å². The largest absolute Gasteiger partial charge is 0.457 e. The predicted octanol–water partition coefficient (Wildman–Crippen LogP) is 5.41. The molecule has 0 saturated carbocycles. The molecule has 1 aromatic carbocycles. The number of hydrogen-bond donors (Lipinski definition) is 0. The van der Waals surface area contributed by atoms with Gasteiger partial charge in [0, 0.05) is 4.70 Å². The maximum absolute atomic E-state index is 11.7. The molecule has 0 saturated heterocycles. The van der Waals surface area contributed by atoms with E-state index in [1.54, 1.807) is 12.1 Å². The number of halogens is 2. The van der Waals surface area contributed by atoms with Crippen LogP contribution in [-0.2, 0) is 15.5 Å². The summed E-state index contributed by atoms with van der Waals surface area (Å²) in [7, 11) is 0. The highest BCUT2D eigenvalue weighted by atomic mass is 35.9. The van der Waals surface area contributed by atoms with E-state index in [0.717, 1.165) is 15.6 Å². The van der Waals surface area contributed by atoms with Gasteiger partial charge in [0.05, 0.1) is 6.16 Å². The summed E-state index contributed by atoms with van der Waals surface area (Å²) >= 11 is 12.5. The standard InChI is InChI=1S/C13H11Cl2O3PS/c1-2-5-18-13(16)12-7-10-6-9(8-19(14,15)17)3-4-11(10)20-12/h2-4,6-7H,1,5,8H2. The minimum atomic E-state index is -3.15. The van der Waals surface area contributed by atoms with Crippen LogP contribution in [-0.4, -0.2) is 12.6 Å². The smallest absolute Gasteiger partial charge is 0.348 e. The predicted molar refractivity (Wildman–Crippen MR) is 85.3 cm³/mol. The lowest BCUT2D eigenvalue weighted by molar-refractivity contribution is 0.0555. The molecule has 106 valence electrons. The number of fused-ring (bicyclic) bond motifs is 1. The van der Waals surface area contributed by atoms with Crippen molar-refractivity contribution in [2.45, 2.75) is 6.16 Å². The summed E-state index contributed by atoms with van der Waals surface area (Å²) in [6.07, 6.45) is 1.62. The van der Waals surface area contributed by atoms with Crippen molar-refractivity contribution in [3.8, 4) is 0 Å². The molecule has 0 radical (unpaired) electrons. The Labute approximate surface area is 130 Å². The van der Waals surface area contributed by atoms with Crippen molar-refractivity contribution >= 4 is 55.7 Å². The van der Waals surface area contributed by atoms with E-state index < -0.39 is 5.85 Å². The Balaban J connectivity index is 2.28. The monoisotopic (exact) mass is 348 g/mol. The minimum absolute atomic E-state index is 0.109. The minimum Gasteiger partial charge on any atom is -0.457 e. The quantitative estimate of drug-likeness (QED) is 0.412. The second-order valence-electron chi connectivity index (χ2n) is 4.10. The Morgan fingerprint density at radius 3 is 2.80 bits per heavy atom. The molecule has 0 unspecified atom stereocenters. The van der Waals surface area contributed by atoms with Gasteiger partial charge in [-0.2, -0.15) is 0 Å². The third kappa shape index (κ3) is 4.10. The maximum Gasteiger partial charge on any atom is 0.348 e. The van der Waals surface area contributed by atoms with Crippen LogP contribution in [0.2, 0.25) is 0 Å². The number of rotatable bonds is 5. The van der Waals surface area contributed by atoms with Gasteiger partial charge < -0.3 is 4.74 Å². The van der Waals surface area contributed by atoms with Crippen LogP contribution in [0.25, 0.3) is 10.1 Å². The topological polar surface area (TPSA) is 43.4 Å². The average Bonchev–Trinajstić information content (AvgIpc) is 2.77. The third-order valence-corrected chi connectivity index (χ3v) is 5.03. The number of carbonyl (C=O) groups excluding carboxylic acids is 1. The highest BCUT2D eigenvalue weighted by molar-refractivity contribution is 8.08. The van der Waals surface area contributed by atoms with Crippen LogP contribution in [0.3, 0.4) is 0 Å². The Morgan fingerprint density at radius 1 is 1.40 bits per heavy atom. The summed E-state index contributed by atoms with van der Waals surface area (Å²) in [6.45, 7) is 3.67. The van der Waals surface area contributed by atoms with Gasteiger partial charge in [0.15, 0.2) is 0 Å². The lowest BCUT2D eigenvalue weighted by Crippen LogP contribution is -2.02. The molecule has 2 aromatic rings. The fraction of sp³-hybridized carbons (Fsp3) is 0.154. The fourth-order valence-corrected chi connectivity index (χ4v) is 4.10. The molecule has 0 aliphatic heterocycles. The van der Waals surface area contributed by atoms with Crippen LogP contribution in [0.5, 0.6) is 0 Å². The Morgan fingerprint density at radius 2 is 2.15 bits per heavy atom. The van der Waals surface area contributed by atoms with Crippen LogP contribution in [0.15, 0.2) is 36.9 Å². The van der Waals surface area contributed by atoms with E-state index in [0.29, 0.717) is 4.88 Å². The van der Waals surface area contributed by atoms with E-state index in [2.05, 4.69) is 6.58 Å². The molecule has 3 nitrogen and oxygen atoms in total. The number of benzene rings is 1. The summed E-state index contributed by atoms with van der Waals surface area (Å²) in [4.78, 5) is 12.3. The van der Waals surface area contributed by atoms with E-state index in [9.17, 15) is 9.36 Å². The average molecular weight is 349 g/mol. The number of esters is 1. The molecule has 7 heteroatoms. The summed E-state index contributed by atoms with van der Waals surface area (Å²) in [5.41, 5.74) is 0.773. The summed E-state index contributed by atoms with van der Waals surface area (Å²) in [6, 6.07) is 7.22. The fourth-order valence-electron chi connectivity index (χ4n) is 1.71. The van der Waals surface area contributed by atoms with Gasteiger partial charge in [0.1, 0.15) is 11.5 Å². The summed E-state index contributed by atoms with van der Waals surface area (Å²) in [5, 5.41) is 0.875. The molecule has 0 atom stereocenters. The van der Waals surface area contributed by atoms with Gasteiger partial charge in [-0.05, 0) is 51.6 Å². The number of thiophene rings is 1. The highest BCUT2D eigenvalue weighted by Gasteiger charge is 2.16. The Bertz CT molecular complexity index is 705. The first-order chi connectivity index (χ1) is 9.39. The second kappa shape index (κ2) is 6.31. The van der Waals surface area contributed by atoms with Crippen LogP contribution in [0.1, 0.15) is 15.2 Å². The van der Waals surface area contributed by atoms with Gasteiger partial charge in [-0.1, -0.05) is 18.7 Å². The van der Waals surface area contributed by atoms with Gasteiger partial charge >= 0.3 is 5.97 Å². The molecule has 0 spiro atoms. The molecular formula is C13H11Cl2O3PS. The van der Waals surface area contributed by atoms with Gasteiger partial charge in [-0.15, -0.1) is 11.3 Å². The van der Waals surface area contributed by atoms with Crippen LogP contribution in [0.4, 0.5) is 0 Å². The van der Waals surface area contributed by atoms with Crippen molar-refractivity contribution in [3.05, 3.63) is 47.4 Å². The lowest BCUT2D eigenvalue weighted by Gasteiger charge is -2.01.